The van der Waals surface area contributed by atoms with Gasteiger partial charge < -0.3 is 25.5 Å². The van der Waals surface area contributed by atoms with E-state index in [9.17, 15) is 9.90 Å². The highest BCUT2D eigenvalue weighted by atomic mass is 16.3. The molecule has 2 fully saturated rings. The first-order valence-electron chi connectivity index (χ1n) is 8.88. The molecule has 1 heterocycles. The van der Waals surface area contributed by atoms with E-state index >= 15 is 0 Å². The summed E-state index contributed by atoms with van der Waals surface area (Å²) in [6, 6.07) is 7.76. The van der Waals surface area contributed by atoms with E-state index in [1.165, 1.54) is 0 Å². The number of hydrogen-bond acceptors (Lipinski definition) is 4. The van der Waals surface area contributed by atoms with Gasteiger partial charge in [0.05, 0.1) is 18.0 Å². The molecule has 0 spiro atoms. The van der Waals surface area contributed by atoms with E-state index < -0.39 is 0 Å². The normalized spacial score (nSPS) is 19.8. The molecule has 1 aromatic rings. The lowest BCUT2D eigenvalue weighted by Crippen LogP contribution is -2.46. The summed E-state index contributed by atoms with van der Waals surface area (Å²) in [6.07, 6.45) is 1.98. The average Bonchev–Trinajstić information content (AvgIpc) is 3.41. The van der Waals surface area contributed by atoms with Crippen molar-refractivity contribution in [3.8, 4) is 0 Å². The van der Waals surface area contributed by atoms with E-state index in [0.717, 1.165) is 56.9 Å². The summed E-state index contributed by atoms with van der Waals surface area (Å²) in [5.41, 5.74) is 1.84. The molecule has 1 aliphatic heterocycles. The maximum atomic E-state index is 12.2. The fourth-order valence-corrected chi connectivity index (χ4v) is 3.16. The summed E-state index contributed by atoms with van der Waals surface area (Å²) >= 11 is 0. The average molecular weight is 332 g/mol. The van der Waals surface area contributed by atoms with Gasteiger partial charge in [0, 0.05) is 38.1 Å². The third kappa shape index (κ3) is 3.99. The van der Waals surface area contributed by atoms with Gasteiger partial charge in [0.1, 0.15) is 0 Å². The van der Waals surface area contributed by atoms with Crippen LogP contribution in [0.2, 0.25) is 0 Å². The van der Waals surface area contributed by atoms with E-state index in [0.29, 0.717) is 6.54 Å². The summed E-state index contributed by atoms with van der Waals surface area (Å²) in [5.74, 6) is 0. The number of rotatable bonds is 6. The van der Waals surface area contributed by atoms with Gasteiger partial charge in [-0.25, -0.2) is 4.79 Å². The van der Waals surface area contributed by atoms with Crippen molar-refractivity contribution in [2.45, 2.75) is 19.8 Å². The monoisotopic (exact) mass is 332 g/mol. The van der Waals surface area contributed by atoms with Crippen LogP contribution in [-0.4, -0.2) is 61.9 Å². The number of aliphatic hydroxyl groups is 1. The quantitative estimate of drug-likeness (QED) is 0.742. The number of benzene rings is 1. The predicted octanol–water partition coefficient (Wildman–Crippen LogP) is 1.72. The molecule has 2 amide bonds. The number of nitrogens with one attached hydrogen (secondary N) is 2. The standard InChI is InChI=1S/C18H28N4O2/c1-2-21-9-11-22(12-10-21)16-6-4-3-5-15(16)20-17(24)19-13-18(14-23)7-8-18/h3-6,23H,2,7-14H2,1H3,(H2,19,20,24). The van der Waals surface area contributed by atoms with Gasteiger partial charge in [-0.1, -0.05) is 19.1 Å². The van der Waals surface area contributed by atoms with Crippen LogP contribution in [0.3, 0.4) is 0 Å². The Labute approximate surface area is 143 Å². The lowest BCUT2D eigenvalue weighted by molar-refractivity contribution is 0.206. The molecular weight excluding hydrogens is 304 g/mol. The second kappa shape index (κ2) is 7.40. The van der Waals surface area contributed by atoms with Crippen molar-refractivity contribution in [3.05, 3.63) is 24.3 Å². The van der Waals surface area contributed by atoms with Gasteiger partial charge >= 0.3 is 6.03 Å². The molecule has 1 saturated carbocycles. The number of piperazine rings is 1. The smallest absolute Gasteiger partial charge is 0.319 e. The molecule has 0 atom stereocenters. The Balaban J connectivity index is 1.58. The van der Waals surface area contributed by atoms with Gasteiger partial charge in [-0.2, -0.15) is 0 Å². The zero-order valence-electron chi connectivity index (χ0n) is 14.4. The van der Waals surface area contributed by atoms with Gasteiger partial charge in [0.2, 0.25) is 0 Å². The van der Waals surface area contributed by atoms with Crippen LogP contribution in [0.5, 0.6) is 0 Å². The van der Waals surface area contributed by atoms with E-state index in [1.807, 2.05) is 18.2 Å². The summed E-state index contributed by atoms with van der Waals surface area (Å²) in [5, 5.41) is 15.2. The highest BCUT2D eigenvalue weighted by Gasteiger charge is 2.42. The van der Waals surface area contributed by atoms with Gasteiger partial charge in [0.15, 0.2) is 0 Å². The molecule has 6 heteroatoms. The summed E-state index contributed by atoms with van der Waals surface area (Å²) in [4.78, 5) is 17.0. The third-order valence-electron chi connectivity index (χ3n) is 5.23. The van der Waals surface area contributed by atoms with Crippen molar-refractivity contribution >= 4 is 17.4 Å². The van der Waals surface area contributed by atoms with Crippen molar-refractivity contribution in [2.75, 3.05) is 56.1 Å². The fraction of sp³-hybridized carbons (Fsp3) is 0.611. The molecule has 0 unspecified atom stereocenters. The van der Waals surface area contributed by atoms with Crippen LogP contribution in [0.25, 0.3) is 0 Å². The van der Waals surface area contributed by atoms with Crippen LogP contribution >= 0.6 is 0 Å². The number of amides is 2. The zero-order valence-corrected chi connectivity index (χ0v) is 14.4. The minimum absolute atomic E-state index is 0.0761. The van der Waals surface area contributed by atoms with Gasteiger partial charge in [-0.05, 0) is 31.5 Å². The molecular formula is C18H28N4O2. The minimum atomic E-state index is -0.200. The Kier molecular flexibility index (Phi) is 5.26. The fourth-order valence-electron chi connectivity index (χ4n) is 3.16. The lowest BCUT2D eigenvalue weighted by Gasteiger charge is -2.36. The molecule has 2 aliphatic rings. The van der Waals surface area contributed by atoms with E-state index in [1.54, 1.807) is 0 Å². The van der Waals surface area contributed by atoms with Crippen molar-refractivity contribution in [1.82, 2.24) is 10.2 Å². The lowest BCUT2D eigenvalue weighted by atomic mass is 10.1. The number of aliphatic hydroxyl groups excluding tert-OH is 1. The largest absolute Gasteiger partial charge is 0.396 e. The van der Waals surface area contributed by atoms with E-state index in [2.05, 4.69) is 33.4 Å². The number of para-hydroxylation sites is 2. The first-order chi connectivity index (χ1) is 11.7. The highest BCUT2D eigenvalue weighted by molar-refractivity contribution is 5.93. The van der Waals surface area contributed by atoms with E-state index in [4.69, 9.17) is 0 Å². The van der Waals surface area contributed by atoms with Crippen molar-refractivity contribution < 1.29 is 9.90 Å². The first-order valence-corrected chi connectivity index (χ1v) is 8.88. The summed E-state index contributed by atoms with van der Waals surface area (Å²) in [6.45, 7) is 8.01. The van der Waals surface area contributed by atoms with Crippen LogP contribution < -0.4 is 15.5 Å². The van der Waals surface area contributed by atoms with E-state index in [-0.39, 0.29) is 18.1 Å². The molecule has 1 saturated heterocycles. The number of nitrogens with zero attached hydrogens (tertiary/aromatic N) is 2. The minimum Gasteiger partial charge on any atom is -0.396 e. The van der Waals surface area contributed by atoms with Crippen LogP contribution in [0.15, 0.2) is 24.3 Å². The number of anilines is 2. The summed E-state index contributed by atoms with van der Waals surface area (Å²) < 4.78 is 0. The Hall–Kier alpha value is -1.79. The molecule has 3 N–H and O–H groups in total. The molecule has 0 bridgehead atoms. The molecule has 0 aromatic heterocycles. The van der Waals surface area contributed by atoms with Gasteiger partial charge in [-0.3, -0.25) is 0 Å². The second-order valence-corrected chi connectivity index (χ2v) is 6.90. The predicted molar refractivity (Wildman–Crippen MR) is 96.5 cm³/mol. The number of likely N-dealkylation sites (N-methyl/N-ethyl adjacent to an activating group) is 1. The third-order valence-corrected chi connectivity index (χ3v) is 5.23. The van der Waals surface area contributed by atoms with Crippen molar-refractivity contribution in [3.63, 3.8) is 0 Å². The molecule has 1 aliphatic carbocycles. The SMILES string of the molecule is CCN1CCN(c2ccccc2NC(=O)NCC2(CO)CC2)CC1. The molecule has 6 nitrogen and oxygen atoms in total. The first kappa shape index (κ1) is 17.0. The van der Waals surface area contributed by atoms with Crippen LogP contribution in [-0.2, 0) is 0 Å². The van der Waals surface area contributed by atoms with Crippen LogP contribution in [0.1, 0.15) is 19.8 Å². The van der Waals surface area contributed by atoms with Crippen molar-refractivity contribution in [2.24, 2.45) is 5.41 Å². The Bertz CT molecular complexity index is 566. The molecule has 0 radical (unpaired) electrons. The Morgan fingerprint density at radius 1 is 1.21 bits per heavy atom. The zero-order chi connectivity index (χ0) is 17.0. The number of hydrogen-bond donors (Lipinski definition) is 3. The number of carbonyl (C=O) groups is 1. The molecule has 1 aromatic carbocycles. The Morgan fingerprint density at radius 2 is 1.92 bits per heavy atom. The molecule has 132 valence electrons. The summed E-state index contributed by atoms with van der Waals surface area (Å²) in [7, 11) is 0. The molecule has 3 rings (SSSR count). The van der Waals surface area contributed by atoms with Crippen LogP contribution in [0, 0.1) is 5.41 Å². The number of carbonyl (C=O) groups excluding carboxylic acids is 1. The maximum Gasteiger partial charge on any atom is 0.319 e. The highest BCUT2D eigenvalue weighted by Crippen LogP contribution is 2.44. The van der Waals surface area contributed by atoms with Crippen LogP contribution in [0.4, 0.5) is 16.2 Å². The maximum absolute atomic E-state index is 12.2. The van der Waals surface area contributed by atoms with Gasteiger partial charge in [-0.15, -0.1) is 0 Å². The van der Waals surface area contributed by atoms with Gasteiger partial charge in [0.25, 0.3) is 0 Å². The second-order valence-electron chi connectivity index (χ2n) is 6.90. The molecule has 24 heavy (non-hydrogen) atoms. The topological polar surface area (TPSA) is 67.8 Å². The Morgan fingerprint density at radius 3 is 2.54 bits per heavy atom. The number of urea groups is 1. The van der Waals surface area contributed by atoms with Crippen molar-refractivity contribution in [1.29, 1.82) is 0 Å².